The maximum atomic E-state index is 4.93. The van der Waals surface area contributed by atoms with E-state index in [9.17, 15) is 0 Å². The van der Waals surface area contributed by atoms with E-state index >= 15 is 0 Å². The van der Waals surface area contributed by atoms with Gasteiger partial charge in [0.15, 0.2) is 5.96 Å². The molecule has 1 N–H and O–H groups in total. The molecule has 1 aliphatic heterocycles. The Morgan fingerprint density at radius 2 is 2.18 bits per heavy atom. The number of guanidine groups is 1. The van der Waals surface area contributed by atoms with Gasteiger partial charge in [0.1, 0.15) is 12.1 Å². The second-order valence-corrected chi connectivity index (χ2v) is 7.75. The first-order valence-electron chi connectivity index (χ1n) is 10.1. The summed E-state index contributed by atoms with van der Waals surface area (Å²) in [6, 6.07) is 4.11. The van der Waals surface area contributed by atoms with E-state index in [1.165, 1.54) is 25.7 Å². The first-order chi connectivity index (χ1) is 13.1. The number of rotatable bonds is 6. The third-order valence-corrected chi connectivity index (χ3v) is 5.26. The first-order valence-corrected chi connectivity index (χ1v) is 10.1. The van der Waals surface area contributed by atoms with E-state index in [2.05, 4.69) is 47.0 Å². The fraction of sp³-hybridized carbons (Fsp3) is 0.571. The Labute approximate surface area is 185 Å². The molecule has 2 aromatic rings. The summed E-state index contributed by atoms with van der Waals surface area (Å²) in [5.41, 5.74) is 1.55. The fourth-order valence-electron chi connectivity index (χ4n) is 3.99. The third-order valence-electron chi connectivity index (χ3n) is 5.26. The molecular formula is C21H33IN6. The lowest BCUT2D eigenvalue weighted by atomic mass is 9.78. The highest BCUT2D eigenvalue weighted by Crippen LogP contribution is 2.33. The van der Waals surface area contributed by atoms with E-state index in [1.54, 1.807) is 12.5 Å². The number of hydrogen-bond acceptors (Lipinski definition) is 3. The van der Waals surface area contributed by atoms with Crippen molar-refractivity contribution in [3.8, 4) is 5.82 Å². The first kappa shape index (κ1) is 22.6. The van der Waals surface area contributed by atoms with Crippen molar-refractivity contribution in [3.05, 3.63) is 42.6 Å². The Hall–Kier alpha value is -1.64. The number of piperidine rings is 1. The average molecular weight is 496 g/mol. The topological polar surface area (TPSA) is 58.3 Å². The Kier molecular flexibility index (Phi) is 8.72. The summed E-state index contributed by atoms with van der Waals surface area (Å²) in [7, 11) is 0. The molecule has 1 aliphatic rings. The van der Waals surface area contributed by atoms with Crippen LogP contribution in [-0.4, -0.2) is 45.0 Å². The van der Waals surface area contributed by atoms with Crippen LogP contribution in [0.4, 0.5) is 0 Å². The van der Waals surface area contributed by atoms with Gasteiger partial charge in [-0.15, -0.1) is 24.0 Å². The van der Waals surface area contributed by atoms with E-state index in [-0.39, 0.29) is 24.0 Å². The van der Waals surface area contributed by atoms with Crippen LogP contribution in [0.5, 0.6) is 0 Å². The highest BCUT2D eigenvalue weighted by Gasteiger charge is 2.31. The van der Waals surface area contributed by atoms with Gasteiger partial charge in [0, 0.05) is 38.2 Å². The van der Waals surface area contributed by atoms with Gasteiger partial charge in [0.2, 0.25) is 0 Å². The van der Waals surface area contributed by atoms with Crippen LogP contribution in [0.15, 0.2) is 42.0 Å². The number of likely N-dealkylation sites (tertiary alicyclic amines) is 1. The zero-order chi connectivity index (χ0) is 19.1. The number of imidazole rings is 1. The lowest BCUT2D eigenvalue weighted by molar-refractivity contribution is 0.142. The molecule has 1 fully saturated rings. The van der Waals surface area contributed by atoms with Gasteiger partial charge in [-0.3, -0.25) is 4.57 Å². The predicted molar refractivity (Wildman–Crippen MR) is 125 cm³/mol. The van der Waals surface area contributed by atoms with E-state index in [0.717, 1.165) is 37.0 Å². The van der Waals surface area contributed by atoms with Crippen molar-refractivity contribution in [2.75, 3.05) is 19.6 Å². The number of pyridine rings is 1. The van der Waals surface area contributed by atoms with Gasteiger partial charge >= 0.3 is 0 Å². The third kappa shape index (κ3) is 5.93. The molecule has 0 radical (unpaired) electrons. The molecule has 0 spiro atoms. The molecule has 1 saturated heterocycles. The van der Waals surface area contributed by atoms with Gasteiger partial charge in [-0.25, -0.2) is 15.0 Å². The van der Waals surface area contributed by atoms with E-state index < -0.39 is 0 Å². The number of aliphatic imine (C=N–C) groups is 1. The molecule has 154 valence electrons. The molecule has 7 heteroatoms. The van der Waals surface area contributed by atoms with Crippen molar-refractivity contribution in [3.63, 3.8) is 0 Å². The van der Waals surface area contributed by atoms with Gasteiger partial charge in [0.25, 0.3) is 0 Å². The van der Waals surface area contributed by atoms with Crippen LogP contribution in [0.1, 0.15) is 52.0 Å². The maximum absolute atomic E-state index is 4.93. The molecule has 0 amide bonds. The molecule has 3 heterocycles. The monoisotopic (exact) mass is 496 g/mol. The van der Waals surface area contributed by atoms with Crippen molar-refractivity contribution in [1.82, 2.24) is 24.8 Å². The number of halogens is 1. The highest BCUT2D eigenvalue weighted by atomic mass is 127. The Morgan fingerprint density at radius 1 is 1.32 bits per heavy atom. The van der Waals surface area contributed by atoms with Gasteiger partial charge in [0.05, 0.1) is 6.54 Å². The van der Waals surface area contributed by atoms with Crippen LogP contribution in [-0.2, 0) is 6.54 Å². The standard InChI is InChI=1S/C21H32N6.HI/c1-4-8-21(3)9-6-12-26(16-21)20(23-5-2)25-15-18-7-10-24-19(14-18)27-13-11-22-17-27;/h7,10-11,13-14,17H,4-6,8-9,12,15-16H2,1-3H3,(H,23,25);1H. The summed E-state index contributed by atoms with van der Waals surface area (Å²) in [4.78, 5) is 15.9. The fourth-order valence-corrected chi connectivity index (χ4v) is 3.99. The zero-order valence-electron chi connectivity index (χ0n) is 17.3. The molecule has 6 nitrogen and oxygen atoms in total. The minimum atomic E-state index is 0. The average Bonchev–Trinajstić information content (AvgIpc) is 3.20. The molecule has 28 heavy (non-hydrogen) atoms. The van der Waals surface area contributed by atoms with Crippen molar-refractivity contribution >= 4 is 29.9 Å². The molecule has 3 rings (SSSR count). The Balaban J connectivity index is 0.00000280. The Morgan fingerprint density at radius 3 is 2.89 bits per heavy atom. The van der Waals surface area contributed by atoms with Crippen LogP contribution in [0.25, 0.3) is 5.82 Å². The van der Waals surface area contributed by atoms with Crippen LogP contribution in [0.2, 0.25) is 0 Å². The van der Waals surface area contributed by atoms with E-state index in [0.29, 0.717) is 12.0 Å². The molecule has 1 atom stereocenters. The van der Waals surface area contributed by atoms with Crippen LogP contribution < -0.4 is 5.32 Å². The van der Waals surface area contributed by atoms with Crippen LogP contribution in [0, 0.1) is 5.41 Å². The summed E-state index contributed by atoms with van der Waals surface area (Å²) < 4.78 is 1.92. The Bertz CT molecular complexity index is 741. The molecule has 0 aliphatic carbocycles. The predicted octanol–water partition coefficient (Wildman–Crippen LogP) is 4.25. The summed E-state index contributed by atoms with van der Waals surface area (Å²) in [5, 5.41) is 3.49. The number of nitrogens with zero attached hydrogens (tertiary/aromatic N) is 5. The minimum Gasteiger partial charge on any atom is -0.357 e. The van der Waals surface area contributed by atoms with Gasteiger partial charge in [-0.1, -0.05) is 20.3 Å². The van der Waals surface area contributed by atoms with Crippen molar-refractivity contribution < 1.29 is 0 Å². The molecule has 0 aromatic carbocycles. The maximum Gasteiger partial charge on any atom is 0.194 e. The second-order valence-electron chi connectivity index (χ2n) is 7.75. The highest BCUT2D eigenvalue weighted by molar-refractivity contribution is 14.0. The normalized spacial score (nSPS) is 20.0. The van der Waals surface area contributed by atoms with Crippen molar-refractivity contribution in [2.45, 2.75) is 53.0 Å². The van der Waals surface area contributed by atoms with Crippen LogP contribution >= 0.6 is 24.0 Å². The quantitative estimate of drug-likeness (QED) is 0.369. The molecule has 0 bridgehead atoms. The molecular weight excluding hydrogens is 463 g/mol. The van der Waals surface area contributed by atoms with Crippen molar-refractivity contribution in [1.29, 1.82) is 0 Å². The molecule has 1 unspecified atom stereocenters. The summed E-state index contributed by atoms with van der Waals surface area (Å²) in [5.74, 6) is 1.90. The van der Waals surface area contributed by atoms with Crippen molar-refractivity contribution in [2.24, 2.45) is 10.4 Å². The van der Waals surface area contributed by atoms with Crippen LogP contribution in [0.3, 0.4) is 0 Å². The minimum absolute atomic E-state index is 0. The summed E-state index contributed by atoms with van der Waals surface area (Å²) in [6.45, 7) is 10.5. The van der Waals surface area contributed by atoms with Gasteiger partial charge < -0.3 is 10.2 Å². The molecule has 2 aromatic heterocycles. The van der Waals surface area contributed by atoms with E-state index in [4.69, 9.17) is 4.99 Å². The van der Waals surface area contributed by atoms with Gasteiger partial charge in [-0.05, 0) is 49.3 Å². The SMILES string of the molecule is CCCC1(C)CCCN(C(=NCc2ccnc(-n3ccnc3)c2)NCC)C1.I. The summed E-state index contributed by atoms with van der Waals surface area (Å²) >= 11 is 0. The smallest absolute Gasteiger partial charge is 0.194 e. The largest absolute Gasteiger partial charge is 0.357 e. The number of aromatic nitrogens is 3. The lowest BCUT2D eigenvalue weighted by Gasteiger charge is -2.42. The van der Waals surface area contributed by atoms with E-state index in [1.807, 2.05) is 23.0 Å². The lowest BCUT2D eigenvalue weighted by Crippen LogP contribution is -2.49. The second kappa shape index (κ2) is 10.8. The number of hydrogen-bond donors (Lipinski definition) is 1. The summed E-state index contributed by atoms with van der Waals surface area (Å²) in [6.07, 6.45) is 12.3. The molecule has 0 saturated carbocycles. The number of nitrogens with one attached hydrogen (secondary N) is 1. The zero-order valence-corrected chi connectivity index (χ0v) is 19.6. The van der Waals surface area contributed by atoms with Gasteiger partial charge in [-0.2, -0.15) is 0 Å².